The summed E-state index contributed by atoms with van der Waals surface area (Å²) < 4.78 is 0.784. The predicted octanol–water partition coefficient (Wildman–Crippen LogP) is 0.0211. The fraction of sp³-hybridized carbons (Fsp3) is 0.118. The summed E-state index contributed by atoms with van der Waals surface area (Å²) >= 11 is 0. The van der Waals surface area contributed by atoms with E-state index in [1.54, 1.807) is 31.2 Å². The third-order valence-electron chi connectivity index (χ3n) is 4.07. The number of fused-ring (bicyclic) bond motifs is 1. The van der Waals surface area contributed by atoms with Crippen LogP contribution in [0.4, 0.5) is 0 Å². The van der Waals surface area contributed by atoms with E-state index < -0.39 is 17.1 Å². The Hall–Kier alpha value is -3.95. The number of nitrogens with one attached hydrogen (secondary N) is 2. The van der Waals surface area contributed by atoms with Gasteiger partial charge in [0.1, 0.15) is 22.5 Å². The Bertz CT molecular complexity index is 1280. The summed E-state index contributed by atoms with van der Waals surface area (Å²) in [4.78, 5) is 40.3. The fourth-order valence-electron chi connectivity index (χ4n) is 2.84. The summed E-state index contributed by atoms with van der Waals surface area (Å²) in [5.74, 6) is -0.168. The van der Waals surface area contributed by atoms with Gasteiger partial charge in [-0.05, 0) is 30.7 Å². The molecule has 0 saturated carbocycles. The minimum atomic E-state index is -0.886. The van der Waals surface area contributed by atoms with Gasteiger partial charge in [0.15, 0.2) is 0 Å². The standard InChI is InChI=1S/C17H14N6O4/c1-9-6-10(8-22-16(26)18-15(25)19-17(22)27)14(24)13(7-9)23-20-11-4-2-3-5-12(11)21-23/h2-7,24H,8H2,1H3,(H2,18,19,25,26,27). The third-order valence-corrected chi connectivity index (χ3v) is 4.07. The van der Waals surface area contributed by atoms with Gasteiger partial charge >= 0.3 is 17.1 Å². The molecule has 0 aliphatic heterocycles. The summed E-state index contributed by atoms with van der Waals surface area (Å²) in [6.45, 7) is 1.57. The first kappa shape index (κ1) is 16.5. The van der Waals surface area contributed by atoms with Gasteiger partial charge in [0, 0.05) is 5.56 Å². The van der Waals surface area contributed by atoms with Crippen molar-refractivity contribution in [2.75, 3.05) is 0 Å². The van der Waals surface area contributed by atoms with E-state index in [1.807, 2.05) is 22.1 Å². The van der Waals surface area contributed by atoms with Gasteiger partial charge in [-0.3, -0.25) is 9.97 Å². The zero-order valence-corrected chi connectivity index (χ0v) is 14.1. The Labute approximate surface area is 150 Å². The van der Waals surface area contributed by atoms with Crippen LogP contribution in [0.15, 0.2) is 50.8 Å². The van der Waals surface area contributed by atoms with Crippen LogP contribution >= 0.6 is 0 Å². The van der Waals surface area contributed by atoms with Gasteiger partial charge in [-0.1, -0.05) is 18.2 Å². The topological polar surface area (TPSA) is 139 Å². The van der Waals surface area contributed by atoms with Crippen LogP contribution in [0, 0.1) is 6.92 Å². The largest absolute Gasteiger partial charge is 0.505 e. The molecule has 10 heteroatoms. The highest BCUT2D eigenvalue weighted by molar-refractivity contribution is 5.73. The number of benzene rings is 2. The SMILES string of the molecule is Cc1cc(Cn2c(=O)[nH]c(=O)[nH]c2=O)c(O)c(-n2nc3ccccc3n2)c1. The molecule has 0 atom stereocenters. The van der Waals surface area contributed by atoms with Crippen molar-refractivity contribution in [3.63, 3.8) is 0 Å². The van der Waals surface area contributed by atoms with Gasteiger partial charge in [-0.15, -0.1) is 15.0 Å². The number of aromatic nitrogens is 6. The summed E-state index contributed by atoms with van der Waals surface area (Å²) in [5, 5.41) is 19.4. The highest BCUT2D eigenvalue weighted by Crippen LogP contribution is 2.28. The van der Waals surface area contributed by atoms with Crippen molar-refractivity contribution >= 4 is 11.0 Å². The maximum atomic E-state index is 11.9. The highest BCUT2D eigenvalue weighted by atomic mass is 16.3. The van der Waals surface area contributed by atoms with E-state index in [0.717, 1.165) is 10.1 Å². The van der Waals surface area contributed by atoms with E-state index >= 15 is 0 Å². The maximum Gasteiger partial charge on any atom is 0.333 e. The van der Waals surface area contributed by atoms with Crippen LogP contribution in [0.5, 0.6) is 5.75 Å². The number of aryl methyl sites for hydroxylation is 1. The number of aromatic amines is 2. The lowest BCUT2D eigenvalue weighted by Gasteiger charge is -2.11. The number of phenols is 1. The molecule has 0 fully saturated rings. The Morgan fingerprint density at radius 2 is 1.59 bits per heavy atom. The first-order chi connectivity index (χ1) is 12.9. The number of nitrogens with zero attached hydrogens (tertiary/aromatic N) is 4. The van der Waals surface area contributed by atoms with E-state index in [-0.39, 0.29) is 12.3 Å². The van der Waals surface area contributed by atoms with Gasteiger partial charge in [-0.2, -0.15) is 0 Å². The van der Waals surface area contributed by atoms with Crippen molar-refractivity contribution in [2.24, 2.45) is 0 Å². The zero-order chi connectivity index (χ0) is 19.1. The Balaban J connectivity index is 1.85. The quantitative estimate of drug-likeness (QED) is 0.467. The van der Waals surface area contributed by atoms with Crippen LogP contribution in [0.2, 0.25) is 0 Å². The molecule has 0 amide bonds. The van der Waals surface area contributed by atoms with Gasteiger partial charge in [0.2, 0.25) is 0 Å². The van der Waals surface area contributed by atoms with Crippen molar-refractivity contribution in [1.82, 2.24) is 29.5 Å². The van der Waals surface area contributed by atoms with Crippen LogP contribution in [-0.4, -0.2) is 34.6 Å². The first-order valence-corrected chi connectivity index (χ1v) is 8.01. The van der Waals surface area contributed by atoms with Gasteiger partial charge in [-0.25, -0.2) is 19.0 Å². The monoisotopic (exact) mass is 366 g/mol. The molecule has 0 bridgehead atoms. The fourth-order valence-corrected chi connectivity index (χ4v) is 2.84. The second-order valence-electron chi connectivity index (χ2n) is 6.05. The number of aromatic hydroxyl groups is 1. The lowest BCUT2D eigenvalue weighted by atomic mass is 10.1. The average Bonchev–Trinajstić information content (AvgIpc) is 3.04. The highest BCUT2D eigenvalue weighted by Gasteiger charge is 2.15. The van der Waals surface area contributed by atoms with Crippen molar-refractivity contribution in [3.8, 4) is 11.4 Å². The van der Waals surface area contributed by atoms with Crippen molar-refractivity contribution in [1.29, 1.82) is 0 Å². The summed E-state index contributed by atoms with van der Waals surface area (Å²) in [6.07, 6.45) is 0. The molecule has 2 aromatic carbocycles. The third kappa shape index (κ3) is 2.92. The minimum absolute atomic E-state index is 0.168. The molecule has 0 saturated heterocycles. The molecule has 2 aromatic heterocycles. The van der Waals surface area contributed by atoms with E-state index in [0.29, 0.717) is 22.3 Å². The number of hydrogen-bond acceptors (Lipinski definition) is 6. The molecule has 0 unspecified atom stereocenters. The van der Waals surface area contributed by atoms with Gasteiger partial charge in [0.25, 0.3) is 0 Å². The molecule has 27 heavy (non-hydrogen) atoms. The lowest BCUT2D eigenvalue weighted by molar-refractivity contribution is 0.456. The molecule has 0 aliphatic carbocycles. The molecule has 0 spiro atoms. The average molecular weight is 366 g/mol. The van der Waals surface area contributed by atoms with Gasteiger partial charge in [0.05, 0.1) is 6.54 Å². The van der Waals surface area contributed by atoms with Crippen molar-refractivity contribution in [2.45, 2.75) is 13.5 Å². The first-order valence-electron chi connectivity index (χ1n) is 8.01. The van der Waals surface area contributed by atoms with Crippen LogP contribution < -0.4 is 17.1 Å². The summed E-state index contributed by atoms with van der Waals surface area (Å²) in [5.41, 5.74) is 0.0989. The summed E-state index contributed by atoms with van der Waals surface area (Å²) in [7, 11) is 0. The molecule has 4 aromatic rings. The number of rotatable bonds is 3. The van der Waals surface area contributed by atoms with E-state index in [2.05, 4.69) is 10.2 Å². The second kappa shape index (κ2) is 6.09. The summed E-state index contributed by atoms with van der Waals surface area (Å²) in [6, 6.07) is 10.6. The van der Waals surface area contributed by atoms with Crippen LogP contribution in [0.1, 0.15) is 11.1 Å². The maximum absolute atomic E-state index is 11.9. The number of hydrogen-bond donors (Lipinski definition) is 3. The van der Waals surface area contributed by atoms with Gasteiger partial charge < -0.3 is 5.11 Å². The Kier molecular flexibility index (Phi) is 3.73. The normalized spacial score (nSPS) is 11.1. The molecule has 2 heterocycles. The second-order valence-corrected chi connectivity index (χ2v) is 6.05. The number of phenolic OH excluding ortho intramolecular Hbond substituents is 1. The number of H-pyrrole nitrogens is 2. The molecule has 0 aliphatic rings. The van der Waals surface area contributed by atoms with Crippen molar-refractivity contribution < 1.29 is 5.11 Å². The van der Waals surface area contributed by atoms with Crippen LogP contribution in [0.3, 0.4) is 0 Å². The van der Waals surface area contributed by atoms with Crippen LogP contribution in [0.25, 0.3) is 16.7 Å². The Morgan fingerprint density at radius 1 is 1.00 bits per heavy atom. The van der Waals surface area contributed by atoms with E-state index in [1.165, 1.54) is 4.80 Å². The van der Waals surface area contributed by atoms with E-state index in [9.17, 15) is 19.5 Å². The minimum Gasteiger partial charge on any atom is -0.505 e. The molecule has 0 radical (unpaired) electrons. The molecule has 4 rings (SSSR count). The lowest BCUT2D eigenvalue weighted by Crippen LogP contribution is -2.43. The molecule has 3 N–H and O–H groups in total. The molecular formula is C17H14N6O4. The van der Waals surface area contributed by atoms with Crippen LogP contribution in [-0.2, 0) is 6.54 Å². The Morgan fingerprint density at radius 3 is 2.19 bits per heavy atom. The molecule has 136 valence electrons. The smallest absolute Gasteiger partial charge is 0.333 e. The zero-order valence-electron chi connectivity index (χ0n) is 14.1. The van der Waals surface area contributed by atoms with Crippen molar-refractivity contribution in [3.05, 3.63) is 79.0 Å². The van der Waals surface area contributed by atoms with E-state index in [4.69, 9.17) is 0 Å². The molecular weight excluding hydrogens is 352 g/mol. The molecule has 10 nitrogen and oxygen atoms in total. The predicted molar refractivity (Wildman–Crippen MR) is 96.3 cm³/mol.